The normalized spacial score (nSPS) is 25.4. The second kappa shape index (κ2) is 5.97. The van der Waals surface area contributed by atoms with Crippen LogP contribution in [0.2, 0.25) is 0 Å². The number of rotatable bonds is 3. The number of carbonyl (C=O) groups is 1. The van der Waals surface area contributed by atoms with Gasteiger partial charge < -0.3 is 10.2 Å². The fourth-order valence-corrected chi connectivity index (χ4v) is 4.87. The van der Waals surface area contributed by atoms with Crippen molar-refractivity contribution in [1.82, 2.24) is 20.4 Å². The molecule has 2 N–H and O–H groups in total. The number of aromatic nitrogens is 2. The van der Waals surface area contributed by atoms with Gasteiger partial charge in [-0.2, -0.15) is 5.10 Å². The quantitative estimate of drug-likeness (QED) is 0.761. The Morgan fingerprint density at radius 2 is 2.16 bits per heavy atom. The van der Waals surface area contributed by atoms with Crippen LogP contribution < -0.4 is 5.32 Å². The van der Waals surface area contributed by atoms with E-state index in [1.807, 2.05) is 12.1 Å². The Balaban J connectivity index is 1.44. The molecule has 3 aliphatic rings. The van der Waals surface area contributed by atoms with Gasteiger partial charge >= 0.3 is 0 Å². The van der Waals surface area contributed by atoms with Gasteiger partial charge in [0.2, 0.25) is 0 Å². The van der Waals surface area contributed by atoms with Crippen LogP contribution in [-0.4, -0.2) is 46.7 Å². The highest BCUT2D eigenvalue weighted by molar-refractivity contribution is 7.13. The predicted octanol–water partition coefficient (Wildman–Crippen LogP) is 3.12. The first-order chi connectivity index (χ1) is 12.3. The maximum atomic E-state index is 12.9. The van der Waals surface area contributed by atoms with Gasteiger partial charge in [0.15, 0.2) is 5.69 Å². The zero-order chi connectivity index (χ0) is 16.8. The molecule has 0 aliphatic carbocycles. The van der Waals surface area contributed by atoms with Crippen LogP contribution in [0.1, 0.15) is 23.3 Å². The van der Waals surface area contributed by atoms with Crippen molar-refractivity contribution in [2.24, 2.45) is 5.92 Å². The number of hydrogen-bond donors (Lipinski definition) is 2. The van der Waals surface area contributed by atoms with E-state index in [9.17, 15) is 4.79 Å². The molecule has 1 aromatic carbocycles. The summed E-state index contributed by atoms with van der Waals surface area (Å²) in [7, 11) is 0. The molecule has 0 saturated carbocycles. The first-order valence-electron chi connectivity index (χ1n) is 8.83. The molecule has 2 bridgehead atoms. The van der Waals surface area contributed by atoms with Crippen molar-refractivity contribution in [1.29, 1.82) is 0 Å². The molecular weight excluding hydrogens is 332 g/mol. The van der Waals surface area contributed by atoms with E-state index in [-0.39, 0.29) is 11.9 Å². The van der Waals surface area contributed by atoms with Crippen LogP contribution in [0.15, 0.2) is 35.7 Å². The first-order valence-corrected chi connectivity index (χ1v) is 9.71. The van der Waals surface area contributed by atoms with Gasteiger partial charge in [0.05, 0.1) is 5.52 Å². The van der Waals surface area contributed by atoms with Gasteiger partial charge in [-0.3, -0.25) is 9.89 Å². The Morgan fingerprint density at radius 3 is 2.88 bits per heavy atom. The summed E-state index contributed by atoms with van der Waals surface area (Å²) >= 11 is 1.70. The third-order valence-corrected chi connectivity index (χ3v) is 6.48. The Labute approximate surface area is 150 Å². The van der Waals surface area contributed by atoms with Gasteiger partial charge in [0.1, 0.15) is 0 Å². The van der Waals surface area contributed by atoms with E-state index in [1.165, 1.54) is 30.8 Å². The summed E-state index contributed by atoms with van der Waals surface area (Å²) in [6.07, 6.45) is 2.38. The van der Waals surface area contributed by atoms with Crippen LogP contribution in [0.3, 0.4) is 0 Å². The predicted molar refractivity (Wildman–Crippen MR) is 99.8 cm³/mol. The highest BCUT2D eigenvalue weighted by Crippen LogP contribution is 2.30. The summed E-state index contributed by atoms with van der Waals surface area (Å²) in [5.41, 5.74) is 2.53. The molecule has 3 aliphatic heterocycles. The molecule has 128 valence electrons. The molecule has 5 nitrogen and oxygen atoms in total. The van der Waals surface area contributed by atoms with E-state index < -0.39 is 0 Å². The monoisotopic (exact) mass is 352 g/mol. The SMILES string of the molecule is O=C(NC1CN2CCC1CC2)c1n[nH]c2ccc(-c3cccs3)cc12. The van der Waals surface area contributed by atoms with Gasteiger partial charge in [-0.15, -0.1) is 11.3 Å². The van der Waals surface area contributed by atoms with Gasteiger partial charge in [0.25, 0.3) is 5.91 Å². The third-order valence-electron chi connectivity index (χ3n) is 5.56. The van der Waals surface area contributed by atoms with E-state index in [0.29, 0.717) is 11.6 Å². The summed E-state index contributed by atoms with van der Waals surface area (Å²) < 4.78 is 0. The molecule has 0 radical (unpaired) electrons. The van der Waals surface area contributed by atoms with Crippen LogP contribution in [0.4, 0.5) is 0 Å². The zero-order valence-electron chi connectivity index (χ0n) is 13.9. The molecule has 6 heteroatoms. The number of thiophene rings is 1. The second-order valence-corrected chi connectivity index (χ2v) is 7.98. The molecule has 1 unspecified atom stereocenters. The number of benzene rings is 1. The molecule has 5 heterocycles. The van der Waals surface area contributed by atoms with Crippen LogP contribution in [0.25, 0.3) is 21.3 Å². The number of hydrogen-bond acceptors (Lipinski definition) is 4. The fraction of sp³-hybridized carbons (Fsp3) is 0.368. The molecule has 0 spiro atoms. The van der Waals surface area contributed by atoms with Crippen molar-refractivity contribution in [3.63, 3.8) is 0 Å². The highest BCUT2D eigenvalue weighted by atomic mass is 32.1. The number of carbonyl (C=O) groups excluding carboxylic acids is 1. The Hall–Kier alpha value is -2.18. The molecule has 6 rings (SSSR count). The number of H-pyrrole nitrogens is 1. The van der Waals surface area contributed by atoms with Gasteiger partial charge in [-0.1, -0.05) is 12.1 Å². The largest absolute Gasteiger partial charge is 0.346 e. The number of nitrogens with zero attached hydrogens (tertiary/aromatic N) is 2. The summed E-state index contributed by atoms with van der Waals surface area (Å²) in [6.45, 7) is 3.32. The summed E-state index contributed by atoms with van der Waals surface area (Å²) in [4.78, 5) is 16.5. The van der Waals surface area contributed by atoms with Gasteiger partial charge in [0, 0.05) is 22.8 Å². The molecule has 1 amide bonds. The van der Waals surface area contributed by atoms with Crippen molar-refractivity contribution in [3.8, 4) is 10.4 Å². The summed E-state index contributed by atoms with van der Waals surface area (Å²) in [5.74, 6) is 0.550. The fourth-order valence-electron chi connectivity index (χ4n) is 4.15. The Bertz CT molecular complexity index is 909. The van der Waals surface area contributed by atoms with Crippen LogP contribution in [0, 0.1) is 5.92 Å². The molecule has 3 aromatic rings. The van der Waals surface area contributed by atoms with Crippen molar-refractivity contribution in [2.45, 2.75) is 18.9 Å². The maximum Gasteiger partial charge on any atom is 0.272 e. The minimum Gasteiger partial charge on any atom is -0.346 e. The van der Waals surface area contributed by atoms with E-state index in [0.717, 1.165) is 23.0 Å². The van der Waals surface area contributed by atoms with Crippen molar-refractivity contribution in [3.05, 3.63) is 41.4 Å². The van der Waals surface area contributed by atoms with Gasteiger partial charge in [-0.25, -0.2) is 0 Å². The Kier molecular flexibility index (Phi) is 3.60. The molecular formula is C19H20N4OS. The molecule has 1 atom stereocenters. The topological polar surface area (TPSA) is 61.0 Å². The standard InChI is InChI=1S/C19H20N4OS/c24-19(20-16-11-23-7-5-12(16)6-8-23)18-14-10-13(17-2-1-9-25-17)3-4-15(14)21-22-18/h1-4,9-10,12,16H,5-8,11H2,(H,20,24)(H,21,22). The molecule has 3 saturated heterocycles. The number of nitrogens with one attached hydrogen (secondary N) is 2. The maximum absolute atomic E-state index is 12.9. The van der Waals surface area contributed by atoms with Gasteiger partial charge in [-0.05, 0) is 61.0 Å². The number of aromatic amines is 1. The lowest BCUT2D eigenvalue weighted by Crippen LogP contribution is -2.57. The lowest BCUT2D eigenvalue weighted by atomic mass is 9.84. The smallest absolute Gasteiger partial charge is 0.272 e. The van der Waals surface area contributed by atoms with Crippen LogP contribution in [-0.2, 0) is 0 Å². The zero-order valence-corrected chi connectivity index (χ0v) is 14.7. The first kappa shape index (κ1) is 15.1. The van der Waals surface area contributed by atoms with E-state index in [4.69, 9.17) is 0 Å². The average molecular weight is 352 g/mol. The highest BCUT2D eigenvalue weighted by Gasteiger charge is 2.35. The Morgan fingerprint density at radius 1 is 1.28 bits per heavy atom. The number of fused-ring (bicyclic) bond motifs is 4. The molecule has 25 heavy (non-hydrogen) atoms. The molecule has 2 aromatic heterocycles. The average Bonchev–Trinajstić information content (AvgIpc) is 3.32. The van der Waals surface area contributed by atoms with E-state index >= 15 is 0 Å². The minimum absolute atomic E-state index is 0.0617. The van der Waals surface area contributed by atoms with Crippen LogP contribution >= 0.6 is 11.3 Å². The number of piperidine rings is 3. The number of amides is 1. The second-order valence-electron chi connectivity index (χ2n) is 7.03. The van der Waals surface area contributed by atoms with Crippen molar-refractivity contribution in [2.75, 3.05) is 19.6 Å². The third kappa shape index (κ3) is 2.65. The van der Waals surface area contributed by atoms with E-state index in [2.05, 4.69) is 44.0 Å². The van der Waals surface area contributed by atoms with Crippen molar-refractivity contribution < 1.29 is 4.79 Å². The van der Waals surface area contributed by atoms with Crippen LogP contribution in [0.5, 0.6) is 0 Å². The van der Waals surface area contributed by atoms with E-state index in [1.54, 1.807) is 11.3 Å². The minimum atomic E-state index is -0.0617. The summed E-state index contributed by atoms with van der Waals surface area (Å²) in [5, 5.41) is 13.5. The lowest BCUT2D eigenvalue weighted by Gasteiger charge is -2.44. The lowest BCUT2D eigenvalue weighted by molar-refractivity contribution is 0.0618. The van der Waals surface area contributed by atoms with Crippen molar-refractivity contribution >= 4 is 28.1 Å². The molecule has 3 fully saturated rings. The summed E-state index contributed by atoms with van der Waals surface area (Å²) in [6, 6.07) is 10.5.